The highest BCUT2D eigenvalue weighted by Crippen LogP contribution is 2.21. The Balaban J connectivity index is 2.40. The van der Waals surface area contributed by atoms with Crippen LogP contribution in [0, 0.1) is 11.8 Å². The van der Waals surface area contributed by atoms with Gasteiger partial charge in [-0.15, -0.1) is 0 Å². The number of nitrogens with two attached hydrogens (primary N) is 7. The van der Waals surface area contributed by atoms with Crippen LogP contribution in [0.2, 0.25) is 0 Å². The van der Waals surface area contributed by atoms with Crippen LogP contribution in [-0.2, 0) is 40.0 Å². The third kappa shape index (κ3) is 20.0. The lowest BCUT2D eigenvalue weighted by atomic mass is 9.95. The van der Waals surface area contributed by atoms with Gasteiger partial charge in [-0.1, -0.05) is 70.9 Å². The molecule has 6 amide bonds. The molecule has 2 rings (SSSR count). The van der Waals surface area contributed by atoms with Gasteiger partial charge in [-0.2, -0.15) is 0 Å². The highest BCUT2D eigenvalue weighted by molar-refractivity contribution is 5.97. The molecule has 0 aliphatic carbocycles. The summed E-state index contributed by atoms with van der Waals surface area (Å²) in [7, 11) is 0. The van der Waals surface area contributed by atoms with Crippen molar-refractivity contribution in [3.63, 3.8) is 0 Å². The molecule has 1 aliphatic rings. The first-order chi connectivity index (χ1) is 32.2. The van der Waals surface area contributed by atoms with Crippen molar-refractivity contribution in [1.82, 2.24) is 31.5 Å². The van der Waals surface area contributed by atoms with Crippen molar-refractivity contribution < 1.29 is 38.7 Å². The third-order valence-electron chi connectivity index (χ3n) is 11.8. The maximum atomic E-state index is 14.4. The molecule has 0 unspecified atom stereocenters. The summed E-state index contributed by atoms with van der Waals surface area (Å²) in [5, 5.41) is 23.5. The van der Waals surface area contributed by atoms with Crippen LogP contribution in [0.1, 0.15) is 97.5 Å². The molecular formula is C44H76N16O8. The average molecular weight is 957 g/mol. The van der Waals surface area contributed by atoms with Crippen molar-refractivity contribution >= 4 is 59.3 Å². The van der Waals surface area contributed by atoms with E-state index >= 15 is 0 Å². The van der Waals surface area contributed by atoms with E-state index in [4.69, 9.17) is 40.1 Å². The van der Waals surface area contributed by atoms with Gasteiger partial charge >= 0.3 is 5.97 Å². The predicted octanol–water partition coefficient (Wildman–Crippen LogP) is -2.69. The number of rotatable bonds is 30. The van der Waals surface area contributed by atoms with Gasteiger partial charge < -0.3 is 76.7 Å². The Kier molecular flexibility index (Phi) is 25.2. The summed E-state index contributed by atoms with van der Waals surface area (Å²) in [6, 6.07) is 1.10. The lowest BCUT2D eigenvalue weighted by Gasteiger charge is -2.32. The molecule has 1 aromatic carbocycles. The number of aliphatic carboxylic acids is 1. The number of hydrogen-bond donors (Lipinski definition) is 13. The van der Waals surface area contributed by atoms with Gasteiger partial charge in [-0.25, -0.2) is 4.79 Å². The first-order valence-electron chi connectivity index (χ1n) is 23.2. The van der Waals surface area contributed by atoms with Gasteiger partial charge in [0.15, 0.2) is 17.9 Å². The van der Waals surface area contributed by atoms with Crippen LogP contribution < -0.4 is 66.7 Å². The number of nitrogens with zero attached hydrogens (tertiary/aromatic N) is 4. The first-order valence-corrected chi connectivity index (χ1v) is 23.2. The molecule has 1 aliphatic heterocycles. The second-order valence-corrected chi connectivity index (χ2v) is 17.1. The Morgan fingerprint density at radius 3 is 1.57 bits per heavy atom. The Bertz CT molecular complexity index is 1910. The molecule has 0 radical (unpaired) electrons. The maximum absolute atomic E-state index is 14.4. The zero-order valence-electron chi connectivity index (χ0n) is 39.8. The monoisotopic (exact) mass is 957 g/mol. The number of aliphatic imine (C=N–C) groups is 3. The Morgan fingerprint density at radius 2 is 1.10 bits per heavy atom. The van der Waals surface area contributed by atoms with E-state index in [2.05, 4.69) is 41.6 Å². The van der Waals surface area contributed by atoms with Gasteiger partial charge in [0.25, 0.3) is 0 Å². The van der Waals surface area contributed by atoms with E-state index < -0.39 is 89.6 Å². The van der Waals surface area contributed by atoms with Gasteiger partial charge in [-0.3, -0.25) is 43.7 Å². The number of guanidine groups is 3. The maximum Gasteiger partial charge on any atom is 0.326 e. The Morgan fingerprint density at radius 1 is 0.647 bits per heavy atom. The van der Waals surface area contributed by atoms with Crippen molar-refractivity contribution in [3.8, 4) is 0 Å². The molecule has 1 aromatic rings. The molecule has 0 bridgehead atoms. The minimum atomic E-state index is -1.28. The number of amides is 6. The summed E-state index contributed by atoms with van der Waals surface area (Å²) in [6.07, 6.45) is 2.57. The van der Waals surface area contributed by atoms with Crippen LogP contribution in [0.5, 0.6) is 0 Å². The fourth-order valence-corrected chi connectivity index (χ4v) is 7.47. The van der Waals surface area contributed by atoms with E-state index in [1.54, 1.807) is 13.8 Å². The van der Waals surface area contributed by atoms with Gasteiger partial charge in [0, 0.05) is 26.2 Å². The Hall–Kier alpha value is -6.72. The molecule has 20 N–H and O–H groups in total. The Labute approximate surface area is 398 Å². The molecule has 68 heavy (non-hydrogen) atoms. The summed E-state index contributed by atoms with van der Waals surface area (Å²) in [5.74, 6) is -6.60. The molecule has 0 spiro atoms. The number of benzene rings is 1. The molecule has 1 fully saturated rings. The van der Waals surface area contributed by atoms with Crippen molar-refractivity contribution in [2.24, 2.45) is 66.9 Å². The molecule has 0 saturated carbocycles. The summed E-state index contributed by atoms with van der Waals surface area (Å²) < 4.78 is 0. The number of carboxylic acid groups (broad SMARTS) is 1. The summed E-state index contributed by atoms with van der Waals surface area (Å²) in [5.41, 5.74) is 39.9. The van der Waals surface area contributed by atoms with Gasteiger partial charge in [0.05, 0.1) is 6.04 Å². The second kappa shape index (κ2) is 29.8. The molecule has 1 saturated heterocycles. The van der Waals surface area contributed by atoms with Crippen LogP contribution in [0.15, 0.2) is 45.3 Å². The standard InChI is InChI=1S/C44H76N16O8/c1-5-25(3)33(58-35(61)28(45)24-27-14-8-7-9-15-27)38(64)55-29(16-10-20-52-42(46)47)36(62)59-34(26(4)6-2)39(65)56-30(17-11-21-53-43(48)49)40(66)60-23-13-19-32(60)37(63)57-31(41(67)68)18-12-22-54-44(50)51/h7-9,14-15,25-26,28-34H,5-6,10-13,16-24,45H2,1-4H3,(H,55,64)(H,56,65)(H,57,63)(H,58,61)(H,59,62)(H,67,68)(H4,46,47,52)(H4,48,49,53)(H4,50,51,54)/t25-,26-,28-,29-,30-,31-,32-,33-,34-/m0/s1. The highest BCUT2D eigenvalue weighted by atomic mass is 16.4. The molecule has 1 heterocycles. The third-order valence-corrected chi connectivity index (χ3v) is 11.8. The van der Waals surface area contributed by atoms with Gasteiger partial charge in [0.1, 0.15) is 36.3 Å². The fraction of sp³-hybridized carbons (Fsp3) is 0.636. The van der Waals surface area contributed by atoms with E-state index in [0.717, 1.165) is 5.56 Å². The van der Waals surface area contributed by atoms with Crippen LogP contribution in [0.25, 0.3) is 0 Å². The molecule has 24 nitrogen and oxygen atoms in total. The lowest BCUT2D eigenvalue weighted by Crippen LogP contribution is -2.61. The van der Waals surface area contributed by atoms with Crippen LogP contribution in [0.4, 0.5) is 0 Å². The zero-order valence-corrected chi connectivity index (χ0v) is 39.8. The van der Waals surface area contributed by atoms with E-state index in [1.807, 2.05) is 44.2 Å². The fourth-order valence-electron chi connectivity index (χ4n) is 7.47. The van der Waals surface area contributed by atoms with Crippen LogP contribution in [0.3, 0.4) is 0 Å². The quantitative estimate of drug-likeness (QED) is 0.0212. The highest BCUT2D eigenvalue weighted by Gasteiger charge is 2.40. The van der Waals surface area contributed by atoms with Crippen molar-refractivity contribution in [2.75, 3.05) is 26.2 Å². The van der Waals surface area contributed by atoms with Crippen molar-refractivity contribution in [1.29, 1.82) is 0 Å². The van der Waals surface area contributed by atoms with E-state index in [9.17, 15) is 38.7 Å². The van der Waals surface area contributed by atoms with Crippen LogP contribution in [-0.4, -0.2) is 138 Å². The summed E-state index contributed by atoms with van der Waals surface area (Å²) in [6.45, 7) is 7.69. The molecule has 380 valence electrons. The average Bonchev–Trinajstić information content (AvgIpc) is 3.79. The zero-order chi connectivity index (χ0) is 50.9. The normalized spacial score (nSPS) is 16.7. The smallest absolute Gasteiger partial charge is 0.326 e. The van der Waals surface area contributed by atoms with E-state index in [-0.39, 0.29) is 101 Å². The number of carbonyl (C=O) groups excluding carboxylic acids is 6. The van der Waals surface area contributed by atoms with Crippen molar-refractivity contribution in [2.45, 2.75) is 141 Å². The minimum Gasteiger partial charge on any atom is -0.480 e. The lowest BCUT2D eigenvalue weighted by molar-refractivity contribution is -0.145. The van der Waals surface area contributed by atoms with E-state index in [0.29, 0.717) is 19.3 Å². The predicted molar refractivity (Wildman–Crippen MR) is 259 cm³/mol. The number of hydrogen-bond acceptors (Lipinski definition) is 11. The molecule has 24 heteroatoms. The summed E-state index contributed by atoms with van der Waals surface area (Å²) >= 11 is 0. The number of carboxylic acids is 1. The van der Waals surface area contributed by atoms with Gasteiger partial charge in [-0.05, 0) is 75.2 Å². The van der Waals surface area contributed by atoms with Crippen LogP contribution >= 0.6 is 0 Å². The minimum absolute atomic E-state index is 0.0183. The number of nitrogens with one attached hydrogen (secondary N) is 5. The largest absolute Gasteiger partial charge is 0.480 e. The molecule has 9 atom stereocenters. The van der Waals surface area contributed by atoms with Gasteiger partial charge in [0.2, 0.25) is 35.4 Å². The van der Waals surface area contributed by atoms with E-state index in [1.165, 1.54) is 4.90 Å². The molecule has 0 aromatic heterocycles. The second-order valence-electron chi connectivity index (χ2n) is 17.1. The number of carbonyl (C=O) groups is 7. The topological polar surface area (TPSA) is 422 Å². The number of likely N-dealkylation sites (tertiary alicyclic amines) is 1. The molecular weight excluding hydrogens is 881 g/mol. The summed E-state index contributed by atoms with van der Waals surface area (Å²) in [4.78, 5) is 109. The van der Waals surface area contributed by atoms with Crippen molar-refractivity contribution in [3.05, 3.63) is 35.9 Å². The SMILES string of the molecule is CC[C@H](C)[C@H](NC(=O)[C@H](CCCN=C(N)N)NC(=O)[C@@H](NC(=O)[C@@H](N)Cc1ccccc1)[C@@H](C)CC)C(=O)N[C@@H](CCCN=C(N)N)C(=O)N1CCC[C@H]1C(=O)N[C@@H](CCCN=C(N)N)C(=O)O. The first kappa shape index (κ1) is 57.4.